The molecule has 0 saturated carbocycles. The van der Waals surface area contributed by atoms with Gasteiger partial charge in [-0.15, -0.1) is 0 Å². The highest BCUT2D eigenvalue weighted by atomic mass is 32.3. The van der Waals surface area contributed by atoms with Crippen LogP contribution in [-0.4, -0.2) is 18.8 Å². The molecule has 8 rings (SSSR count). The van der Waals surface area contributed by atoms with Crippen molar-refractivity contribution in [1.29, 1.82) is 0 Å². The maximum Gasteiger partial charge on any atom is -0.000741 e. The topological polar surface area (TPSA) is 0 Å². The predicted molar refractivity (Wildman–Crippen MR) is 196 cm³/mol. The molecule has 7 aromatic carbocycles. The molecule has 0 spiro atoms. The van der Waals surface area contributed by atoms with Gasteiger partial charge in [0.05, 0.1) is 0 Å². The summed E-state index contributed by atoms with van der Waals surface area (Å²) in [7, 11) is -0.730. The maximum absolute atomic E-state index is 2.36. The van der Waals surface area contributed by atoms with Gasteiger partial charge in [0, 0.05) is 0 Å². The van der Waals surface area contributed by atoms with E-state index in [9.17, 15) is 0 Å². The zero-order chi connectivity index (χ0) is 29.8. The third kappa shape index (κ3) is 4.31. The lowest BCUT2D eigenvalue weighted by Crippen LogP contribution is -1.93. The van der Waals surface area contributed by atoms with Crippen LogP contribution in [0, 0.1) is 0 Å². The van der Waals surface area contributed by atoms with Gasteiger partial charge in [0.25, 0.3) is 0 Å². The van der Waals surface area contributed by atoms with Crippen LogP contribution in [0.5, 0.6) is 0 Å². The van der Waals surface area contributed by atoms with Crippen LogP contribution < -0.4 is 0 Å². The molecule has 0 aliphatic heterocycles. The SMILES string of the molecule is CS(C)(C)c1ccc(/C=C/c2ccc3c4c(cccc24)-c2c-3c(-c3ccccc3)c3ccccc3c2-c2ccccc2)cc1. The number of hydrogen-bond acceptors (Lipinski definition) is 0. The molecule has 7 aromatic rings. The summed E-state index contributed by atoms with van der Waals surface area (Å²) in [5.41, 5.74) is 12.9. The molecule has 1 aliphatic rings. The molecule has 0 amide bonds. The fourth-order valence-corrected chi connectivity index (χ4v) is 7.90. The summed E-state index contributed by atoms with van der Waals surface area (Å²) in [5.74, 6) is 0. The minimum atomic E-state index is -0.730. The van der Waals surface area contributed by atoms with Crippen LogP contribution >= 0.6 is 10.0 Å². The molecule has 212 valence electrons. The highest BCUT2D eigenvalue weighted by molar-refractivity contribution is 8.32. The standard InChI is InChI=1S/C43H34S/c1-44(2,3)33-26-22-29(23-27-33)21-24-30-25-28-38-41-34(30)19-12-20-37(41)42-39(31-13-6-4-7-14-31)35-17-10-11-18-36(35)40(43(38)42)32-15-8-5-9-16-32/h4-28H,1-3H3/b24-21+. The Morgan fingerprint density at radius 3 is 1.50 bits per heavy atom. The van der Waals surface area contributed by atoms with Gasteiger partial charge in [0.15, 0.2) is 0 Å². The highest BCUT2D eigenvalue weighted by Gasteiger charge is 2.30. The maximum atomic E-state index is 2.36. The molecular weight excluding hydrogens is 549 g/mol. The van der Waals surface area contributed by atoms with Crippen LogP contribution in [0.1, 0.15) is 11.1 Å². The van der Waals surface area contributed by atoms with Crippen LogP contribution in [0.3, 0.4) is 0 Å². The van der Waals surface area contributed by atoms with Crippen molar-refractivity contribution in [3.05, 3.63) is 151 Å². The Labute approximate surface area is 261 Å². The smallest absolute Gasteiger partial charge is 0.000741 e. The van der Waals surface area contributed by atoms with E-state index in [4.69, 9.17) is 0 Å². The fraction of sp³-hybridized carbons (Fsp3) is 0.0698. The molecule has 0 unspecified atom stereocenters. The largest absolute Gasteiger partial charge is 0.223 e. The Hall–Kier alpha value is -4.85. The average Bonchev–Trinajstić information content (AvgIpc) is 3.39. The van der Waals surface area contributed by atoms with Crippen molar-refractivity contribution in [1.82, 2.24) is 0 Å². The van der Waals surface area contributed by atoms with E-state index in [1.165, 1.54) is 82.1 Å². The van der Waals surface area contributed by atoms with E-state index in [1.54, 1.807) is 0 Å². The minimum absolute atomic E-state index is 0.730. The van der Waals surface area contributed by atoms with Gasteiger partial charge < -0.3 is 0 Å². The van der Waals surface area contributed by atoms with Crippen molar-refractivity contribution in [2.45, 2.75) is 4.90 Å². The first-order valence-corrected chi connectivity index (χ1v) is 18.1. The van der Waals surface area contributed by atoms with Gasteiger partial charge in [0.1, 0.15) is 0 Å². The Morgan fingerprint density at radius 1 is 0.409 bits per heavy atom. The minimum Gasteiger partial charge on any atom is -0.223 e. The molecule has 0 N–H and O–H groups in total. The van der Waals surface area contributed by atoms with Crippen molar-refractivity contribution in [3.8, 4) is 44.5 Å². The molecule has 0 aromatic heterocycles. The van der Waals surface area contributed by atoms with Gasteiger partial charge in [0.2, 0.25) is 0 Å². The second kappa shape index (κ2) is 10.4. The number of fused-ring (bicyclic) bond motifs is 4. The van der Waals surface area contributed by atoms with Crippen LogP contribution in [-0.2, 0) is 0 Å². The summed E-state index contributed by atoms with van der Waals surface area (Å²) in [5, 5.41) is 5.23. The van der Waals surface area contributed by atoms with E-state index in [0.717, 1.165) is 0 Å². The summed E-state index contributed by atoms with van der Waals surface area (Å²) in [6.07, 6.45) is 11.6. The third-order valence-electron chi connectivity index (χ3n) is 9.00. The zero-order valence-electron chi connectivity index (χ0n) is 25.3. The third-order valence-corrected chi connectivity index (χ3v) is 10.7. The summed E-state index contributed by atoms with van der Waals surface area (Å²) in [6.45, 7) is 0. The lowest BCUT2D eigenvalue weighted by molar-refractivity contribution is 1.43. The second-order valence-electron chi connectivity index (χ2n) is 12.4. The van der Waals surface area contributed by atoms with Gasteiger partial charge in [-0.3, -0.25) is 0 Å². The van der Waals surface area contributed by atoms with Crippen molar-refractivity contribution >= 4 is 43.7 Å². The first kappa shape index (κ1) is 26.8. The van der Waals surface area contributed by atoms with E-state index < -0.39 is 10.0 Å². The van der Waals surface area contributed by atoms with Crippen LogP contribution in [0.15, 0.2) is 144 Å². The highest BCUT2D eigenvalue weighted by Crippen LogP contribution is 2.58. The predicted octanol–water partition coefficient (Wildman–Crippen LogP) is 12.2. The molecule has 0 heterocycles. The molecule has 0 bridgehead atoms. The normalized spacial score (nSPS) is 12.7. The van der Waals surface area contributed by atoms with E-state index in [2.05, 4.69) is 170 Å². The Kier molecular flexibility index (Phi) is 6.32. The van der Waals surface area contributed by atoms with E-state index in [0.29, 0.717) is 0 Å². The second-order valence-corrected chi connectivity index (χ2v) is 16.6. The molecule has 0 nitrogen and oxygen atoms in total. The summed E-state index contributed by atoms with van der Waals surface area (Å²) in [6, 6.07) is 51.4. The quantitative estimate of drug-likeness (QED) is 0.177. The van der Waals surface area contributed by atoms with Gasteiger partial charge in [-0.1, -0.05) is 140 Å². The zero-order valence-corrected chi connectivity index (χ0v) is 26.2. The monoisotopic (exact) mass is 582 g/mol. The van der Waals surface area contributed by atoms with Gasteiger partial charge >= 0.3 is 0 Å². The number of rotatable bonds is 5. The first-order valence-electron chi connectivity index (χ1n) is 15.2. The van der Waals surface area contributed by atoms with Crippen molar-refractivity contribution < 1.29 is 0 Å². The lowest BCUT2D eigenvalue weighted by atomic mass is 9.82. The molecular formula is C43H34S. The van der Waals surface area contributed by atoms with Gasteiger partial charge in [-0.05, 0) is 113 Å². The van der Waals surface area contributed by atoms with E-state index in [1.807, 2.05) is 0 Å². The fourth-order valence-electron chi connectivity index (χ4n) is 6.95. The van der Waals surface area contributed by atoms with Crippen LogP contribution in [0.4, 0.5) is 0 Å². The molecule has 1 heteroatoms. The van der Waals surface area contributed by atoms with Crippen molar-refractivity contribution in [2.24, 2.45) is 0 Å². The van der Waals surface area contributed by atoms with E-state index in [-0.39, 0.29) is 0 Å². The Morgan fingerprint density at radius 2 is 0.932 bits per heavy atom. The van der Waals surface area contributed by atoms with E-state index >= 15 is 0 Å². The molecule has 0 saturated heterocycles. The first-order chi connectivity index (χ1) is 21.5. The summed E-state index contributed by atoms with van der Waals surface area (Å²) >= 11 is 0. The molecule has 0 fully saturated rings. The Bertz CT molecular complexity index is 2120. The molecule has 44 heavy (non-hydrogen) atoms. The van der Waals surface area contributed by atoms with Gasteiger partial charge in [-0.25, -0.2) is 10.0 Å². The number of benzene rings is 7. The van der Waals surface area contributed by atoms with Gasteiger partial charge in [-0.2, -0.15) is 0 Å². The lowest BCUT2D eigenvalue weighted by Gasteiger charge is -2.25. The summed E-state index contributed by atoms with van der Waals surface area (Å²) < 4.78 is 0. The molecule has 0 radical (unpaired) electrons. The number of hydrogen-bond donors (Lipinski definition) is 0. The molecule has 0 atom stereocenters. The average molecular weight is 583 g/mol. The molecule has 1 aliphatic carbocycles. The summed E-state index contributed by atoms with van der Waals surface area (Å²) in [4.78, 5) is 1.44. The van der Waals surface area contributed by atoms with Crippen LogP contribution in [0.25, 0.3) is 78.2 Å². The van der Waals surface area contributed by atoms with Crippen molar-refractivity contribution in [2.75, 3.05) is 18.8 Å². The van der Waals surface area contributed by atoms with Crippen LogP contribution in [0.2, 0.25) is 0 Å². The van der Waals surface area contributed by atoms with Crippen molar-refractivity contribution in [3.63, 3.8) is 0 Å². The Balaban J connectivity index is 1.40.